The van der Waals surface area contributed by atoms with Crippen molar-refractivity contribution in [1.82, 2.24) is 4.90 Å². The summed E-state index contributed by atoms with van der Waals surface area (Å²) in [5.74, 6) is 0.218. The summed E-state index contributed by atoms with van der Waals surface area (Å²) in [6, 6.07) is 0.324. The molecule has 0 bridgehead atoms. The van der Waals surface area contributed by atoms with Gasteiger partial charge in [0.25, 0.3) is 0 Å². The maximum atomic E-state index is 10.9. The molecule has 0 aromatic rings. The molecule has 0 fully saturated rings. The Morgan fingerprint density at radius 1 is 1.91 bits per heavy atom. The normalized spacial score (nSPS) is 23.9. The van der Waals surface area contributed by atoms with Crippen LogP contribution in [-0.2, 0) is 4.79 Å². The smallest absolute Gasteiger partial charge is 0.159 e. The summed E-state index contributed by atoms with van der Waals surface area (Å²) in [6.07, 6.45) is 6.82. The van der Waals surface area contributed by atoms with Crippen molar-refractivity contribution in [2.24, 2.45) is 0 Å². The first-order valence-electron chi connectivity index (χ1n) is 3.78. The SMILES string of the molecule is C=CC[C@H]1CC(=O)C=CN1C. The Bertz CT molecular complexity index is 196. The quantitative estimate of drug-likeness (QED) is 0.555. The van der Waals surface area contributed by atoms with Gasteiger partial charge in [0.1, 0.15) is 0 Å². The van der Waals surface area contributed by atoms with E-state index in [-0.39, 0.29) is 5.78 Å². The van der Waals surface area contributed by atoms with E-state index in [1.165, 1.54) is 0 Å². The highest BCUT2D eigenvalue weighted by Crippen LogP contribution is 2.13. The predicted octanol–water partition coefficient (Wildman–Crippen LogP) is 1.35. The van der Waals surface area contributed by atoms with E-state index >= 15 is 0 Å². The van der Waals surface area contributed by atoms with Crippen LogP contribution in [0.25, 0.3) is 0 Å². The highest BCUT2D eigenvalue weighted by atomic mass is 16.1. The van der Waals surface area contributed by atoms with Crippen molar-refractivity contribution < 1.29 is 4.79 Å². The summed E-state index contributed by atoms with van der Waals surface area (Å²) < 4.78 is 0. The van der Waals surface area contributed by atoms with E-state index in [2.05, 4.69) is 11.5 Å². The van der Waals surface area contributed by atoms with Gasteiger partial charge >= 0.3 is 0 Å². The summed E-state index contributed by atoms with van der Waals surface area (Å²) in [7, 11) is 1.98. The lowest BCUT2D eigenvalue weighted by atomic mass is 10.0. The second kappa shape index (κ2) is 3.37. The Kier molecular flexibility index (Phi) is 2.47. The maximum Gasteiger partial charge on any atom is 0.159 e. The molecule has 60 valence electrons. The van der Waals surface area contributed by atoms with Crippen LogP contribution in [0.4, 0.5) is 0 Å². The van der Waals surface area contributed by atoms with Crippen LogP contribution in [0.1, 0.15) is 12.8 Å². The van der Waals surface area contributed by atoms with Crippen LogP contribution >= 0.6 is 0 Å². The molecule has 2 heteroatoms. The second-order valence-corrected chi connectivity index (χ2v) is 2.83. The van der Waals surface area contributed by atoms with Gasteiger partial charge in [0.15, 0.2) is 5.78 Å². The van der Waals surface area contributed by atoms with Crippen LogP contribution < -0.4 is 0 Å². The first kappa shape index (κ1) is 8.05. The Morgan fingerprint density at radius 2 is 2.64 bits per heavy atom. The molecule has 1 aliphatic rings. The molecule has 1 heterocycles. The Balaban J connectivity index is 2.59. The van der Waals surface area contributed by atoms with E-state index in [1.807, 2.05) is 19.3 Å². The van der Waals surface area contributed by atoms with Crippen LogP contribution in [-0.4, -0.2) is 23.8 Å². The zero-order chi connectivity index (χ0) is 8.27. The summed E-state index contributed by atoms with van der Waals surface area (Å²) in [6.45, 7) is 3.65. The van der Waals surface area contributed by atoms with Crippen molar-refractivity contribution in [3.8, 4) is 0 Å². The molecular formula is C9H13NO. The van der Waals surface area contributed by atoms with Gasteiger partial charge in [0.2, 0.25) is 0 Å². The van der Waals surface area contributed by atoms with Crippen molar-refractivity contribution in [1.29, 1.82) is 0 Å². The van der Waals surface area contributed by atoms with Gasteiger partial charge in [-0.1, -0.05) is 6.08 Å². The van der Waals surface area contributed by atoms with E-state index in [9.17, 15) is 4.79 Å². The van der Waals surface area contributed by atoms with Crippen molar-refractivity contribution in [2.45, 2.75) is 18.9 Å². The predicted molar refractivity (Wildman–Crippen MR) is 45.1 cm³/mol. The van der Waals surface area contributed by atoms with Gasteiger partial charge in [-0.15, -0.1) is 6.58 Å². The number of rotatable bonds is 2. The zero-order valence-corrected chi connectivity index (χ0v) is 6.79. The van der Waals surface area contributed by atoms with Crippen LogP contribution in [0.5, 0.6) is 0 Å². The minimum absolute atomic E-state index is 0.218. The minimum Gasteiger partial charge on any atom is -0.377 e. The van der Waals surface area contributed by atoms with Gasteiger partial charge in [-0.05, 0) is 12.5 Å². The standard InChI is InChI=1S/C9H13NO/c1-3-4-8-7-9(11)5-6-10(8)2/h3,5-6,8H,1,4,7H2,2H3/t8-/m0/s1. The second-order valence-electron chi connectivity index (χ2n) is 2.83. The average molecular weight is 151 g/mol. The number of hydrogen-bond acceptors (Lipinski definition) is 2. The number of nitrogens with zero attached hydrogens (tertiary/aromatic N) is 1. The van der Waals surface area contributed by atoms with Gasteiger partial charge in [0.05, 0.1) is 0 Å². The molecule has 0 radical (unpaired) electrons. The molecule has 1 atom stereocenters. The molecular weight excluding hydrogens is 138 g/mol. The molecule has 1 aliphatic heterocycles. The lowest BCUT2D eigenvalue weighted by molar-refractivity contribution is -0.116. The number of carbonyl (C=O) groups is 1. The molecule has 0 saturated heterocycles. The Labute approximate surface area is 67.2 Å². The van der Waals surface area contributed by atoms with E-state index < -0.39 is 0 Å². The van der Waals surface area contributed by atoms with Gasteiger partial charge in [0, 0.05) is 25.7 Å². The molecule has 0 saturated carbocycles. The van der Waals surface area contributed by atoms with Crippen LogP contribution in [0.15, 0.2) is 24.9 Å². The molecule has 0 unspecified atom stereocenters. The van der Waals surface area contributed by atoms with Crippen molar-refractivity contribution in [3.63, 3.8) is 0 Å². The number of allylic oxidation sites excluding steroid dienone is 1. The third kappa shape index (κ3) is 1.93. The van der Waals surface area contributed by atoms with Crippen LogP contribution in [0.2, 0.25) is 0 Å². The Morgan fingerprint density at radius 3 is 3.27 bits per heavy atom. The molecule has 1 rings (SSSR count). The first-order valence-corrected chi connectivity index (χ1v) is 3.78. The van der Waals surface area contributed by atoms with Gasteiger partial charge < -0.3 is 4.90 Å². The zero-order valence-electron chi connectivity index (χ0n) is 6.79. The fraction of sp³-hybridized carbons (Fsp3) is 0.444. The first-order chi connectivity index (χ1) is 5.24. The topological polar surface area (TPSA) is 20.3 Å². The molecule has 11 heavy (non-hydrogen) atoms. The van der Waals surface area contributed by atoms with Crippen LogP contribution in [0, 0.1) is 0 Å². The lowest BCUT2D eigenvalue weighted by Crippen LogP contribution is -2.32. The molecule has 0 spiro atoms. The molecule has 0 aromatic carbocycles. The van der Waals surface area contributed by atoms with Gasteiger partial charge in [-0.3, -0.25) is 4.79 Å². The summed E-state index contributed by atoms with van der Waals surface area (Å²) in [4.78, 5) is 13.0. The minimum atomic E-state index is 0.218. The maximum absolute atomic E-state index is 10.9. The van der Waals surface area contributed by atoms with Crippen molar-refractivity contribution in [2.75, 3.05) is 7.05 Å². The van der Waals surface area contributed by atoms with E-state index in [4.69, 9.17) is 0 Å². The molecule has 2 nitrogen and oxygen atoms in total. The fourth-order valence-corrected chi connectivity index (χ4v) is 1.21. The molecule has 0 aromatic heterocycles. The van der Waals surface area contributed by atoms with E-state index in [0.29, 0.717) is 12.5 Å². The largest absolute Gasteiger partial charge is 0.377 e. The van der Waals surface area contributed by atoms with Crippen molar-refractivity contribution in [3.05, 3.63) is 24.9 Å². The third-order valence-electron chi connectivity index (χ3n) is 1.95. The van der Waals surface area contributed by atoms with Gasteiger partial charge in [-0.25, -0.2) is 0 Å². The fourth-order valence-electron chi connectivity index (χ4n) is 1.21. The van der Waals surface area contributed by atoms with E-state index in [1.54, 1.807) is 6.08 Å². The number of ketones is 1. The lowest BCUT2D eigenvalue weighted by Gasteiger charge is -2.27. The molecule has 0 amide bonds. The van der Waals surface area contributed by atoms with E-state index in [0.717, 1.165) is 6.42 Å². The molecule has 0 aliphatic carbocycles. The summed E-state index contributed by atoms with van der Waals surface area (Å²) in [5, 5.41) is 0. The Hall–Kier alpha value is -1.05. The summed E-state index contributed by atoms with van der Waals surface area (Å²) >= 11 is 0. The average Bonchev–Trinajstić information content (AvgIpc) is 1.98. The highest BCUT2D eigenvalue weighted by molar-refractivity contribution is 5.90. The third-order valence-corrected chi connectivity index (χ3v) is 1.95. The summed E-state index contributed by atoms with van der Waals surface area (Å²) in [5.41, 5.74) is 0. The van der Waals surface area contributed by atoms with Crippen molar-refractivity contribution >= 4 is 5.78 Å². The molecule has 0 N–H and O–H groups in total. The number of hydrogen-bond donors (Lipinski definition) is 0. The van der Waals surface area contributed by atoms with Crippen LogP contribution in [0.3, 0.4) is 0 Å². The number of carbonyl (C=O) groups excluding carboxylic acids is 1. The highest BCUT2D eigenvalue weighted by Gasteiger charge is 2.17. The monoisotopic (exact) mass is 151 g/mol. The van der Waals surface area contributed by atoms with Gasteiger partial charge in [-0.2, -0.15) is 0 Å².